The van der Waals surface area contributed by atoms with Crippen molar-refractivity contribution >= 4 is 11.7 Å². The van der Waals surface area contributed by atoms with Gasteiger partial charge in [0.05, 0.1) is 11.6 Å². The maximum absolute atomic E-state index is 13.7. The second-order valence-corrected chi connectivity index (χ2v) is 8.59. The summed E-state index contributed by atoms with van der Waals surface area (Å²) in [6.45, 7) is 6.77. The Balaban J connectivity index is 1.32. The number of hydrogen-bond donors (Lipinski definition) is 0. The van der Waals surface area contributed by atoms with Gasteiger partial charge in [0.2, 0.25) is 5.91 Å². The fourth-order valence-electron chi connectivity index (χ4n) is 4.48. The maximum Gasteiger partial charge on any atom is 0.234 e. The largest absolute Gasteiger partial charge is 0.353 e. The third-order valence-electron chi connectivity index (χ3n) is 6.56. The lowest BCUT2D eigenvalue weighted by atomic mass is 9.90. The van der Waals surface area contributed by atoms with Gasteiger partial charge in [0, 0.05) is 37.9 Å². The number of benzene rings is 2. The highest BCUT2D eigenvalue weighted by molar-refractivity contribution is 5.87. The Hall–Kier alpha value is -4.00. The van der Waals surface area contributed by atoms with Gasteiger partial charge in [0.25, 0.3) is 0 Å². The Morgan fingerprint density at radius 3 is 1.94 bits per heavy atom. The van der Waals surface area contributed by atoms with Crippen molar-refractivity contribution in [2.24, 2.45) is 0 Å². The van der Waals surface area contributed by atoms with Crippen molar-refractivity contribution in [3.8, 4) is 5.82 Å². The van der Waals surface area contributed by atoms with Gasteiger partial charge in [-0.15, -0.1) is 0 Å². The van der Waals surface area contributed by atoms with E-state index >= 15 is 0 Å². The number of aryl methyl sites for hydroxylation is 1. The summed E-state index contributed by atoms with van der Waals surface area (Å²) in [6, 6.07) is 22.1. The molecule has 34 heavy (non-hydrogen) atoms. The smallest absolute Gasteiger partial charge is 0.234 e. The van der Waals surface area contributed by atoms with E-state index in [9.17, 15) is 4.79 Å². The monoisotopic (exact) mass is 452 g/mol. The van der Waals surface area contributed by atoms with Crippen molar-refractivity contribution in [2.75, 3.05) is 31.1 Å². The molecule has 0 N–H and O–H groups in total. The lowest BCUT2D eigenvalue weighted by Gasteiger charge is -2.37. The molecule has 0 spiro atoms. The number of rotatable bonds is 5. The Morgan fingerprint density at radius 2 is 1.38 bits per heavy atom. The van der Waals surface area contributed by atoms with Gasteiger partial charge < -0.3 is 9.80 Å². The van der Waals surface area contributed by atoms with Gasteiger partial charge in [0.15, 0.2) is 0 Å². The predicted molar refractivity (Wildman–Crippen MR) is 132 cm³/mol. The molecule has 0 bridgehead atoms. The van der Waals surface area contributed by atoms with Crippen molar-refractivity contribution in [3.63, 3.8) is 0 Å². The standard InChI is InChI=1S/C27H28N6O/c1-20-21(2)33(19-30-20)25-17-24(28-18-29-25)31-13-15-32(16-14-31)27(34)26(22-9-5-3-6-10-22)23-11-7-4-8-12-23/h3-12,17-19,26H,13-16H2,1-2H3. The van der Waals surface area contributed by atoms with E-state index in [4.69, 9.17) is 0 Å². The van der Waals surface area contributed by atoms with Crippen LogP contribution in [0, 0.1) is 13.8 Å². The summed E-state index contributed by atoms with van der Waals surface area (Å²) in [5.74, 6) is 1.51. The van der Waals surface area contributed by atoms with Crippen LogP contribution in [-0.4, -0.2) is 56.5 Å². The van der Waals surface area contributed by atoms with E-state index in [1.54, 1.807) is 12.7 Å². The normalized spacial score (nSPS) is 14.0. The summed E-state index contributed by atoms with van der Waals surface area (Å²) in [5, 5.41) is 0. The van der Waals surface area contributed by atoms with E-state index < -0.39 is 0 Å². The second-order valence-electron chi connectivity index (χ2n) is 8.59. The van der Waals surface area contributed by atoms with Crippen LogP contribution in [0.1, 0.15) is 28.4 Å². The van der Waals surface area contributed by atoms with E-state index in [1.165, 1.54) is 0 Å². The lowest BCUT2D eigenvalue weighted by molar-refractivity contribution is -0.132. The molecule has 172 valence electrons. The molecule has 0 saturated carbocycles. The minimum atomic E-state index is -0.299. The van der Waals surface area contributed by atoms with E-state index in [2.05, 4.69) is 19.9 Å². The summed E-state index contributed by atoms with van der Waals surface area (Å²) in [6.07, 6.45) is 3.39. The summed E-state index contributed by atoms with van der Waals surface area (Å²) in [4.78, 5) is 31.2. The molecule has 0 unspecified atom stereocenters. The van der Waals surface area contributed by atoms with Crippen LogP contribution >= 0.6 is 0 Å². The molecule has 4 aromatic rings. The fourth-order valence-corrected chi connectivity index (χ4v) is 4.48. The first-order valence-electron chi connectivity index (χ1n) is 11.6. The molecule has 2 aromatic carbocycles. The Morgan fingerprint density at radius 1 is 0.794 bits per heavy atom. The highest BCUT2D eigenvalue weighted by atomic mass is 16.2. The van der Waals surface area contributed by atoms with Crippen LogP contribution < -0.4 is 4.90 Å². The zero-order chi connectivity index (χ0) is 23.5. The zero-order valence-corrected chi connectivity index (χ0v) is 19.5. The van der Waals surface area contributed by atoms with Gasteiger partial charge in [-0.1, -0.05) is 60.7 Å². The number of hydrogen-bond acceptors (Lipinski definition) is 5. The highest BCUT2D eigenvalue weighted by Crippen LogP contribution is 2.28. The molecular formula is C27H28N6O. The quantitative estimate of drug-likeness (QED) is 0.461. The lowest BCUT2D eigenvalue weighted by Crippen LogP contribution is -2.50. The first-order chi connectivity index (χ1) is 16.6. The zero-order valence-electron chi connectivity index (χ0n) is 19.5. The SMILES string of the molecule is Cc1ncn(-c2cc(N3CCN(C(=O)C(c4ccccc4)c4ccccc4)CC3)ncn2)c1C. The number of imidazole rings is 1. The molecule has 2 aromatic heterocycles. The molecule has 7 nitrogen and oxygen atoms in total. The Labute approximate surface area is 199 Å². The fraction of sp³-hybridized carbons (Fsp3) is 0.259. The van der Waals surface area contributed by atoms with Gasteiger partial charge in [-0.2, -0.15) is 0 Å². The molecule has 1 saturated heterocycles. The van der Waals surface area contributed by atoms with Crippen LogP contribution in [0.3, 0.4) is 0 Å². The molecule has 0 radical (unpaired) electrons. The maximum atomic E-state index is 13.7. The Kier molecular flexibility index (Phi) is 6.08. The molecule has 7 heteroatoms. The predicted octanol–water partition coefficient (Wildman–Crippen LogP) is 3.76. The second kappa shape index (κ2) is 9.47. The molecule has 3 heterocycles. The third kappa shape index (κ3) is 4.29. The van der Waals surface area contributed by atoms with Crippen molar-refractivity contribution in [1.29, 1.82) is 0 Å². The van der Waals surface area contributed by atoms with Gasteiger partial charge in [-0.05, 0) is 25.0 Å². The highest BCUT2D eigenvalue weighted by Gasteiger charge is 2.30. The summed E-state index contributed by atoms with van der Waals surface area (Å²) in [7, 11) is 0. The van der Waals surface area contributed by atoms with Crippen LogP contribution in [-0.2, 0) is 4.79 Å². The first kappa shape index (κ1) is 21.8. The number of aromatic nitrogens is 4. The molecule has 1 aliphatic rings. The van der Waals surface area contributed by atoms with Crippen LogP contribution in [0.4, 0.5) is 5.82 Å². The van der Waals surface area contributed by atoms with Gasteiger partial charge in [-0.25, -0.2) is 15.0 Å². The molecule has 5 rings (SSSR count). The molecule has 0 aliphatic carbocycles. The first-order valence-corrected chi connectivity index (χ1v) is 11.6. The molecule has 1 amide bonds. The minimum Gasteiger partial charge on any atom is -0.353 e. The summed E-state index contributed by atoms with van der Waals surface area (Å²) < 4.78 is 1.98. The average molecular weight is 453 g/mol. The topological polar surface area (TPSA) is 67.2 Å². The van der Waals surface area contributed by atoms with E-state index in [1.807, 2.05) is 90.0 Å². The molecule has 1 fully saturated rings. The van der Waals surface area contributed by atoms with Crippen LogP contribution in [0.25, 0.3) is 5.82 Å². The van der Waals surface area contributed by atoms with Gasteiger partial charge >= 0.3 is 0 Å². The van der Waals surface area contributed by atoms with E-state index in [-0.39, 0.29) is 11.8 Å². The molecule has 1 aliphatic heterocycles. The van der Waals surface area contributed by atoms with Gasteiger partial charge in [-0.3, -0.25) is 9.36 Å². The third-order valence-corrected chi connectivity index (χ3v) is 6.56. The van der Waals surface area contributed by atoms with Crippen LogP contribution in [0.2, 0.25) is 0 Å². The van der Waals surface area contributed by atoms with Crippen molar-refractivity contribution in [1.82, 2.24) is 24.4 Å². The number of carbonyl (C=O) groups excluding carboxylic acids is 1. The number of carbonyl (C=O) groups is 1. The molecule has 0 atom stereocenters. The minimum absolute atomic E-state index is 0.143. The number of nitrogens with zero attached hydrogens (tertiary/aromatic N) is 6. The Bertz CT molecular complexity index is 1220. The van der Waals surface area contributed by atoms with Gasteiger partial charge in [0.1, 0.15) is 24.3 Å². The summed E-state index contributed by atoms with van der Waals surface area (Å²) >= 11 is 0. The van der Waals surface area contributed by atoms with Crippen molar-refractivity contribution in [3.05, 3.63) is 102 Å². The van der Waals surface area contributed by atoms with Crippen LogP contribution in [0.15, 0.2) is 79.4 Å². The molecular weight excluding hydrogens is 424 g/mol. The number of amides is 1. The average Bonchev–Trinajstić information content (AvgIpc) is 3.23. The van der Waals surface area contributed by atoms with Crippen molar-refractivity contribution in [2.45, 2.75) is 19.8 Å². The van der Waals surface area contributed by atoms with E-state index in [0.717, 1.165) is 47.2 Å². The number of piperazine rings is 1. The van der Waals surface area contributed by atoms with E-state index in [0.29, 0.717) is 13.1 Å². The van der Waals surface area contributed by atoms with Crippen molar-refractivity contribution < 1.29 is 4.79 Å². The summed E-state index contributed by atoms with van der Waals surface area (Å²) in [5.41, 5.74) is 4.09. The van der Waals surface area contributed by atoms with Crippen LogP contribution in [0.5, 0.6) is 0 Å². The number of anilines is 1.